The average Bonchev–Trinajstić information content (AvgIpc) is 2.61. The van der Waals surface area contributed by atoms with Gasteiger partial charge in [-0.2, -0.15) is 0 Å². The lowest BCUT2D eigenvalue weighted by atomic mass is 10.2. The van der Waals surface area contributed by atoms with Gasteiger partial charge in [-0.25, -0.2) is 17.1 Å². The van der Waals surface area contributed by atoms with E-state index >= 15 is 0 Å². The first kappa shape index (κ1) is 21.8. The lowest BCUT2D eigenvalue weighted by Gasteiger charge is -2.17. The van der Waals surface area contributed by atoms with E-state index in [2.05, 4.69) is 5.32 Å². The molecule has 0 aromatic heterocycles. The van der Waals surface area contributed by atoms with Crippen LogP contribution >= 0.6 is 0 Å². The predicted molar refractivity (Wildman–Crippen MR) is 104 cm³/mol. The van der Waals surface area contributed by atoms with Crippen molar-refractivity contribution in [3.63, 3.8) is 0 Å². The Hall–Kier alpha value is -2.49. The van der Waals surface area contributed by atoms with Crippen LogP contribution in [0.2, 0.25) is 0 Å². The Balaban J connectivity index is 2.09. The number of halogens is 1. The zero-order chi connectivity index (χ0) is 20.9. The van der Waals surface area contributed by atoms with Gasteiger partial charge < -0.3 is 15.0 Å². The predicted octanol–water partition coefficient (Wildman–Crippen LogP) is 0.738. The highest BCUT2D eigenvalue weighted by Crippen LogP contribution is 2.28. The Morgan fingerprint density at radius 1 is 1.21 bits per heavy atom. The molecule has 0 saturated heterocycles. The Morgan fingerprint density at radius 3 is 2.54 bits per heavy atom. The van der Waals surface area contributed by atoms with Crippen LogP contribution in [0.15, 0.2) is 47.4 Å². The molecule has 1 unspecified atom stereocenters. The molecule has 9 heteroatoms. The van der Waals surface area contributed by atoms with Crippen molar-refractivity contribution in [2.24, 2.45) is 0 Å². The average molecular weight is 410 g/mol. The summed E-state index contributed by atoms with van der Waals surface area (Å²) in [5.74, 6) is -0.407. The van der Waals surface area contributed by atoms with Crippen molar-refractivity contribution in [3.05, 3.63) is 53.8 Å². The van der Waals surface area contributed by atoms with Gasteiger partial charge in [0.25, 0.3) is 5.91 Å². The SMILES string of the molecule is COc1ccc(NC(=O)C[NH+](C)Cc2cccc(F)c2)cc1S(=O)(=O)N(C)C. The van der Waals surface area contributed by atoms with E-state index in [1.165, 1.54) is 45.5 Å². The van der Waals surface area contributed by atoms with Crippen LogP contribution in [0.1, 0.15) is 5.56 Å². The minimum Gasteiger partial charge on any atom is -0.495 e. The van der Waals surface area contributed by atoms with E-state index in [0.29, 0.717) is 12.2 Å². The van der Waals surface area contributed by atoms with Gasteiger partial charge in [0.05, 0.1) is 14.2 Å². The third kappa shape index (κ3) is 5.51. The second-order valence-corrected chi connectivity index (χ2v) is 8.76. The second kappa shape index (κ2) is 9.13. The van der Waals surface area contributed by atoms with Gasteiger partial charge in [-0.15, -0.1) is 0 Å². The van der Waals surface area contributed by atoms with Crippen LogP contribution < -0.4 is 15.0 Å². The molecule has 0 radical (unpaired) electrons. The van der Waals surface area contributed by atoms with Crippen LogP contribution in [-0.4, -0.2) is 53.4 Å². The van der Waals surface area contributed by atoms with Crippen LogP contribution in [0.3, 0.4) is 0 Å². The zero-order valence-electron chi connectivity index (χ0n) is 16.3. The van der Waals surface area contributed by atoms with E-state index in [4.69, 9.17) is 4.74 Å². The number of carbonyl (C=O) groups is 1. The van der Waals surface area contributed by atoms with Crippen LogP contribution in [0.25, 0.3) is 0 Å². The summed E-state index contributed by atoms with van der Waals surface area (Å²) in [5.41, 5.74) is 1.14. The second-order valence-electron chi connectivity index (χ2n) is 6.64. The molecular weight excluding hydrogens is 385 g/mol. The fourth-order valence-electron chi connectivity index (χ4n) is 2.69. The molecule has 2 aromatic carbocycles. The number of quaternary nitrogens is 1. The maximum Gasteiger partial charge on any atom is 0.279 e. The van der Waals surface area contributed by atoms with E-state index in [0.717, 1.165) is 14.8 Å². The summed E-state index contributed by atoms with van der Waals surface area (Å²) >= 11 is 0. The quantitative estimate of drug-likeness (QED) is 0.673. The fourth-order valence-corrected chi connectivity index (χ4v) is 3.76. The van der Waals surface area contributed by atoms with E-state index < -0.39 is 10.0 Å². The summed E-state index contributed by atoms with van der Waals surface area (Å²) in [6, 6.07) is 10.7. The molecule has 7 nitrogen and oxygen atoms in total. The summed E-state index contributed by atoms with van der Waals surface area (Å²) in [6.07, 6.45) is 0. The third-order valence-corrected chi connectivity index (χ3v) is 5.90. The third-order valence-electron chi connectivity index (χ3n) is 4.06. The van der Waals surface area contributed by atoms with Gasteiger partial charge in [0, 0.05) is 25.3 Å². The number of sulfonamides is 1. The summed E-state index contributed by atoms with van der Waals surface area (Å²) < 4.78 is 44.4. The molecule has 2 N–H and O–H groups in total. The number of methoxy groups -OCH3 is 1. The molecule has 2 rings (SSSR count). The monoisotopic (exact) mass is 410 g/mol. The highest BCUT2D eigenvalue weighted by Gasteiger charge is 2.23. The number of benzene rings is 2. The molecule has 0 spiro atoms. The Labute approximate surface area is 164 Å². The Morgan fingerprint density at radius 2 is 1.93 bits per heavy atom. The van der Waals surface area contributed by atoms with Crippen molar-refractivity contribution in [3.8, 4) is 5.75 Å². The number of anilines is 1. The fraction of sp³-hybridized carbons (Fsp3) is 0.316. The summed E-state index contributed by atoms with van der Waals surface area (Å²) in [6.45, 7) is 0.617. The van der Waals surface area contributed by atoms with Crippen molar-refractivity contribution in [1.82, 2.24) is 4.31 Å². The van der Waals surface area contributed by atoms with Crippen molar-refractivity contribution in [2.45, 2.75) is 11.4 Å². The summed E-state index contributed by atoms with van der Waals surface area (Å²) in [4.78, 5) is 13.2. The highest BCUT2D eigenvalue weighted by molar-refractivity contribution is 7.89. The number of carbonyl (C=O) groups excluding carboxylic acids is 1. The first-order valence-electron chi connectivity index (χ1n) is 8.59. The number of amides is 1. The molecule has 28 heavy (non-hydrogen) atoms. The smallest absolute Gasteiger partial charge is 0.279 e. The standard InChI is InChI=1S/C19H24FN3O4S/c1-22(2)28(25,26)18-11-16(8-9-17(18)27-4)21-19(24)13-23(3)12-14-6-5-7-15(20)10-14/h5-11H,12-13H2,1-4H3,(H,21,24)/p+1. The first-order valence-corrected chi connectivity index (χ1v) is 10.0. The molecule has 0 aliphatic rings. The van der Waals surface area contributed by atoms with Crippen molar-refractivity contribution >= 4 is 21.6 Å². The van der Waals surface area contributed by atoms with E-state index in [-0.39, 0.29) is 28.9 Å². The maximum atomic E-state index is 13.3. The van der Waals surface area contributed by atoms with Gasteiger partial charge in [-0.1, -0.05) is 12.1 Å². The topological polar surface area (TPSA) is 80.1 Å². The number of hydrogen-bond acceptors (Lipinski definition) is 4. The van der Waals surface area contributed by atoms with Gasteiger partial charge in [0.2, 0.25) is 10.0 Å². The minimum absolute atomic E-state index is 0.0294. The Kier molecular flexibility index (Phi) is 7.11. The molecule has 2 aromatic rings. The molecule has 1 atom stereocenters. The van der Waals surface area contributed by atoms with Gasteiger partial charge in [0.1, 0.15) is 23.0 Å². The van der Waals surface area contributed by atoms with Gasteiger partial charge >= 0.3 is 0 Å². The van der Waals surface area contributed by atoms with Gasteiger partial charge in [0.15, 0.2) is 6.54 Å². The number of ether oxygens (including phenoxy) is 1. The normalized spacial score (nSPS) is 12.6. The molecule has 0 aliphatic heterocycles. The molecule has 0 saturated carbocycles. The zero-order valence-corrected chi connectivity index (χ0v) is 17.1. The number of nitrogens with one attached hydrogen (secondary N) is 2. The lowest BCUT2D eigenvalue weighted by Crippen LogP contribution is -3.08. The van der Waals surface area contributed by atoms with E-state index in [1.807, 2.05) is 7.05 Å². The molecular formula is C19H25FN3O4S+. The first-order chi connectivity index (χ1) is 13.1. The van der Waals surface area contributed by atoms with E-state index in [9.17, 15) is 17.6 Å². The molecule has 0 aliphatic carbocycles. The van der Waals surface area contributed by atoms with Crippen LogP contribution in [0, 0.1) is 5.82 Å². The van der Waals surface area contributed by atoms with Crippen LogP contribution in [0.5, 0.6) is 5.75 Å². The lowest BCUT2D eigenvalue weighted by molar-refractivity contribution is -0.885. The van der Waals surface area contributed by atoms with Crippen molar-refractivity contribution in [1.29, 1.82) is 0 Å². The molecule has 1 amide bonds. The highest BCUT2D eigenvalue weighted by atomic mass is 32.2. The number of likely N-dealkylation sites (N-methyl/N-ethyl adjacent to an activating group) is 1. The molecule has 0 heterocycles. The number of hydrogen-bond donors (Lipinski definition) is 2. The largest absolute Gasteiger partial charge is 0.495 e. The van der Waals surface area contributed by atoms with Gasteiger partial charge in [-0.05, 0) is 30.3 Å². The minimum atomic E-state index is -3.73. The number of rotatable bonds is 8. The molecule has 152 valence electrons. The maximum absolute atomic E-state index is 13.3. The van der Waals surface area contributed by atoms with Crippen LogP contribution in [0.4, 0.5) is 10.1 Å². The van der Waals surface area contributed by atoms with Crippen molar-refractivity contribution < 1.29 is 27.2 Å². The van der Waals surface area contributed by atoms with Crippen molar-refractivity contribution in [2.75, 3.05) is 40.1 Å². The molecule has 0 bridgehead atoms. The Bertz CT molecular complexity index is 948. The van der Waals surface area contributed by atoms with Gasteiger partial charge in [-0.3, -0.25) is 4.79 Å². The molecule has 0 fully saturated rings. The summed E-state index contributed by atoms with van der Waals surface area (Å²) in [5, 5.41) is 2.70. The summed E-state index contributed by atoms with van der Waals surface area (Å²) in [7, 11) is 2.32. The van der Waals surface area contributed by atoms with Crippen LogP contribution in [-0.2, 0) is 21.4 Å². The number of nitrogens with zero attached hydrogens (tertiary/aromatic N) is 1. The van der Waals surface area contributed by atoms with E-state index in [1.54, 1.807) is 18.2 Å².